The van der Waals surface area contributed by atoms with Crippen LogP contribution in [0.1, 0.15) is 24.5 Å². The Kier molecular flexibility index (Phi) is 7.86. The number of oxime groups is 1. The van der Waals surface area contributed by atoms with Gasteiger partial charge in [0.2, 0.25) is 0 Å². The minimum absolute atomic E-state index is 0.0475. The second-order valence-electron chi connectivity index (χ2n) is 6.97. The quantitative estimate of drug-likeness (QED) is 0.657. The average molecular weight is 403 g/mol. The SMILES string of the molecule is CCOCC(O)CN(Cc1ccccc1)CC1CC(c2ccc(Cl)cc2)=NO1. The summed E-state index contributed by atoms with van der Waals surface area (Å²) in [4.78, 5) is 7.88. The molecule has 0 radical (unpaired) electrons. The third-order valence-corrected chi connectivity index (χ3v) is 4.86. The van der Waals surface area contributed by atoms with Crippen molar-refractivity contribution < 1.29 is 14.7 Å². The van der Waals surface area contributed by atoms with Gasteiger partial charge >= 0.3 is 0 Å². The van der Waals surface area contributed by atoms with Gasteiger partial charge in [0.1, 0.15) is 6.10 Å². The predicted molar refractivity (Wildman–Crippen MR) is 112 cm³/mol. The Morgan fingerprint density at radius 3 is 2.68 bits per heavy atom. The molecule has 0 fully saturated rings. The molecule has 2 atom stereocenters. The first-order chi connectivity index (χ1) is 13.6. The first-order valence-corrected chi connectivity index (χ1v) is 10.0. The van der Waals surface area contributed by atoms with Crippen molar-refractivity contribution >= 4 is 17.3 Å². The largest absolute Gasteiger partial charge is 0.390 e. The molecule has 1 N–H and O–H groups in total. The zero-order valence-corrected chi connectivity index (χ0v) is 16.9. The summed E-state index contributed by atoms with van der Waals surface area (Å²) in [7, 11) is 0. The summed E-state index contributed by atoms with van der Waals surface area (Å²) in [6.45, 7) is 4.79. The Bertz CT molecular complexity index is 752. The molecular weight excluding hydrogens is 376 g/mol. The number of aliphatic hydroxyl groups excluding tert-OH is 1. The van der Waals surface area contributed by atoms with E-state index in [4.69, 9.17) is 21.2 Å². The van der Waals surface area contributed by atoms with Crippen LogP contribution >= 0.6 is 11.6 Å². The van der Waals surface area contributed by atoms with Crippen molar-refractivity contribution in [2.45, 2.75) is 32.1 Å². The van der Waals surface area contributed by atoms with Crippen molar-refractivity contribution in [3.05, 3.63) is 70.7 Å². The molecule has 0 aliphatic carbocycles. The number of ether oxygens (including phenoxy) is 1. The van der Waals surface area contributed by atoms with Crippen molar-refractivity contribution in [2.24, 2.45) is 5.16 Å². The van der Waals surface area contributed by atoms with Crippen LogP contribution in [0.5, 0.6) is 0 Å². The lowest BCUT2D eigenvalue weighted by Crippen LogP contribution is -2.39. The smallest absolute Gasteiger partial charge is 0.145 e. The van der Waals surface area contributed by atoms with Crippen LogP contribution in [0.15, 0.2) is 59.8 Å². The van der Waals surface area contributed by atoms with E-state index in [0.717, 1.165) is 24.2 Å². The summed E-state index contributed by atoms with van der Waals surface area (Å²) in [6.07, 6.45) is 0.143. The molecule has 0 amide bonds. The van der Waals surface area contributed by atoms with Gasteiger partial charge in [-0.15, -0.1) is 0 Å². The normalized spacial score (nSPS) is 17.4. The number of hydrogen-bond donors (Lipinski definition) is 1. The van der Waals surface area contributed by atoms with E-state index in [1.165, 1.54) is 5.56 Å². The van der Waals surface area contributed by atoms with Crippen LogP contribution in [0, 0.1) is 0 Å². The highest BCUT2D eigenvalue weighted by Gasteiger charge is 2.25. The Morgan fingerprint density at radius 1 is 1.21 bits per heavy atom. The van der Waals surface area contributed by atoms with Gasteiger partial charge in [0.05, 0.1) is 18.4 Å². The Morgan fingerprint density at radius 2 is 1.96 bits per heavy atom. The van der Waals surface area contributed by atoms with Crippen molar-refractivity contribution in [1.29, 1.82) is 0 Å². The highest BCUT2D eigenvalue weighted by molar-refractivity contribution is 6.30. The van der Waals surface area contributed by atoms with Crippen LogP contribution in [0.25, 0.3) is 0 Å². The lowest BCUT2D eigenvalue weighted by molar-refractivity contribution is 0.000495. The van der Waals surface area contributed by atoms with E-state index < -0.39 is 6.10 Å². The molecule has 5 nitrogen and oxygen atoms in total. The van der Waals surface area contributed by atoms with E-state index in [-0.39, 0.29) is 6.10 Å². The monoisotopic (exact) mass is 402 g/mol. The van der Waals surface area contributed by atoms with Gasteiger partial charge in [0.25, 0.3) is 0 Å². The second kappa shape index (κ2) is 10.6. The fourth-order valence-electron chi connectivity index (χ4n) is 3.28. The summed E-state index contributed by atoms with van der Waals surface area (Å²) in [5.41, 5.74) is 3.15. The van der Waals surface area contributed by atoms with Gasteiger partial charge < -0.3 is 14.7 Å². The first kappa shape index (κ1) is 20.8. The maximum absolute atomic E-state index is 10.3. The molecular formula is C22H27ClN2O3. The molecule has 28 heavy (non-hydrogen) atoms. The Balaban J connectivity index is 1.60. The highest BCUT2D eigenvalue weighted by Crippen LogP contribution is 2.20. The molecule has 3 rings (SSSR count). The minimum atomic E-state index is -0.540. The van der Waals surface area contributed by atoms with Gasteiger partial charge in [0, 0.05) is 37.7 Å². The van der Waals surface area contributed by atoms with E-state index >= 15 is 0 Å². The number of aliphatic hydroxyl groups is 1. The van der Waals surface area contributed by atoms with Crippen LogP contribution in [-0.2, 0) is 16.1 Å². The first-order valence-electron chi connectivity index (χ1n) is 9.64. The molecule has 2 aromatic carbocycles. The van der Waals surface area contributed by atoms with E-state index in [0.29, 0.717) is 31.3 Å². The molecule has 0 bridgehead atoms. The van der Waals surface area contributed by atoms with Gasteiger partial charge in [-0.25, -0.2) is 0 Å². The van der Waals surface area contributed by atoms with Crippen LogP contribution in [0.2, 0.25) is 5.02 Å². The number of halogens is 1. The van der Waals surface area contributed by atoms with E-state index in [9.17, 15) is 5.11 Å². The Hall–Kier alpha value is -1.92. The fourth-order valence-corrected chi connectivity index (χ4v) is 3.40. The summed E-state index contributed by atoms with van der Waals surface area (Å²) in [6, 6.07) is 17.9. The average Bonchev–Trinajstić information content (AvgIpc) is 3.16. The molecule has 6 heteroatoms. The summed E-state index contributed by atoms with van der Waals surface area (Å²) < 4.78 is 5.36. The zero-order valence-electron chi connectivity index (χ0n) is 16.1. The number of rotatable bonds is 10. The molecule has 1 heterocycles. The second-order valence-corrected chi connectivity index (χ2v) is 7.41. The maximum Gasteiger partial charge on any atom is 0.145 e. The van der Waals surface area contributed by atoms with Gasteiger partial charge in [-0.1, -0.05) is 59.2 Å². The van der Waals surface area contributed by atoms with E-state index in [2.05, 4.69) is 22.2 Å². The lowest BCUT2D eigenvalue weighted by Gasteiger charge is -2.27. The number of benzene rings is 2. The molecule has 0 saturated heterocycles. The van der Waals surface area contributed by atoms with Crippen molar-refractivity contribution in [3.63, 3.8) is 0 Å². The van der Waals surface area contributed by atoms with Crippen molar-refractivity contribution in [1.82, 2.24) is 4.90 Å². The minimum Gasteiger partial charge on any atom is -0.390 e. The molecule has 0 spiro atoms. The van der Waals surface area contributed by atoms with Crippen LogP contribution in [0.3, 0.4) is 0 Å². The topological polar surface area (TPSA) is 54.3 Å². The van der Waals surface area contributed by atoms with Gasteiger partial charge in [-0.3, -0.25) is 4.90 Å². The molecule has 150 valence electrons. The van der Waals surface area contributed by atoms with Crippen LogP contribution < -0.4 is 0 Å². The Labute approximate surface area is 171 Å². The summed E-state index contributed by atoms with van der Waals surface area (Å²) in [5.74, 6) is 0. The molecule has 2 aromatic rings. The zero-order chi connectivity index (χ0) is 19.8. The molecule has 1 aliphatic heterocycles. The van der Waals surface area contributed by atoms with Crippen LogP contribution in [0.4, 0.5) is 0 Å². The third kappa shape index (κ3) is 6.31. The molecule has 0 saturated carbocycles. The number of nitrogens with zero attached hydrogens (tertiary/aromatic N) is 2. The van der Waals surface area contributed by atoms with Crippen LogP contribution in [-0.4, -0.2) is 54.2 Å². The van der Waals surface area contributed by atoms with Gasteiger partial charge in [0.15, 0.2) is 0 Å². The fraction of sp³-hybridized carbons (Fsp3) is 0.409. The summed E-state index contributed by atoms with van der Waals surface area (Å²) >= 11 is 5.97. The third-order valence-electron chi connectivity index (χ3n) is 4.60. The van der Waals surface area contributed by atoms with Crippen molar-refractivity contribution in [2.75, 3.05) is 26.3 Å². The van der Waals surface area contributed by atoms with Gasteiger partial charge in [-0.2, -0.15) is 0 Å². The van der Waals surface area contributed by atoms with Gasteiger partial charge in [-0.05, 0) is 30.2 Å². The maximum atomic E-state index is 10.3. The standard InChI is InChI=1S/C22H27ClN2O3/c1-2-27-16-20(26)14-25(13-17-6-4-3-5-7-17)15-21-12-22(24-28-21)18-8-10-19(23)11-9-18/h3-11,20-21,26H,2,12-16H2,1H3. The highest BCUT2D eigenvalue weighted by atomic mass is 35.5. The molecule has 0 aromatic heterocycles. The van der Waals surface area contributed by atoms with Crippen molar-refractivity contribution in [3.8, 4) is 0 Å². The molecule has 2 unspecified atom stereocenters. The summed E-state index contributed by atoms with van der Waals surface area (Å²) in [5, 5.41) is 15.3. The molecule has 1 aliphatic rings. The predicted octanol–water partition coefficient (Wildman–Crippen LogP) is 3.73. The van der Waals surface area contributed by atoms with E-state index in [1.807, 2.05) is 49.4 Å². The van der Waals surface area contributed by atoms with E-state index in [1.54, 1.807) is 0 Å². The lowest BCUT2D eigenvalue weighted by atomic mass is 10.0. The number of hydrogen-bond acceptors (Lipinski definition) is 5.